The van der Waals surface area contributed by atoms with Gasteiger partial charge >= 0.3 is 0 Å². The van der Waals surface area contributed by atoms with Gasteiger partial charge in [0.2, 0.25) is 0 Å². The largest absolute Gasteiger partial charge is 0.364 e. The van der Waals surface area contributed by atoms with Crippen LogP contribution in [0.1, 0.15) is 19.4 Å². The zero-order valence-corrected chi connectivity index (χ0v) is 10.8. The Morgan fingerprint density at radius 1 is 1.29 bits per heavy atom. The molecule has 0 bridgehead atoms. The molecule has 0 amide bonds. The number of rotatable bonds is 3. The van der Waals surface area contributed by atoms with Crippen molar-refractivity contribution in [1.29, 1.82) is 0 Å². The minimum Gasteiger partial charge on any atom is -0.364 e. The highest BCUT2D eigenvalue weighted by Gasteiger charge is 1.86. The molecule has 0 saturated heterocycles. The fraction of sp³-hybridized carbons (Fsp3) is 0.267. The molecule has 0 aromatic heterocycles. The van der Waals surface area contributed by atoms with Crippen molar-refractivity contribution in [1.82, 2.24) is 0 Å². The number of benzene rings is 1. The Labute approximate surface area is 108 Å². The minimum atomic E-state index is 0.420. The molecule has 1 aromatic carbocycles. The Kier molecular flexibility index (Phi) is 6.22. The molecule has 0 spiro atoms. The monoisotopic (exact) mass is 246 g/mol. The van der Waals surface area contributed by atoms with E-state index in [0.717, 1.165) is 16.2 Å². The van der Waals surface area contributed by atoms with E-state index in [-0.39, 0.29) is 0 Å². The van der Waals surface area contributed by atoms with Crippen LogP contribution in [0.4, 0.5) is 0 Å². The van der Waals surface area contributed by atoms with E-state index < -0.39 is 0 Å². The van der Waals surface area contributed by atoms with Crippen molar-refractivity contribution in [3.05, 3.63) is 52.2 Å². The Balaban J connectivity index is 2.32. The summed E-state index contributed by atoms with van der Waals surface area (Å²) in [6.45, 7) is 4.96. The van der Waals surface area contributed by atoms with Crippen LogP contribution in [-0.4, -0.2) is 13.2 Å². The fourth-order valence-corrected chi connectivity index (χ4v) is 1.21. The van der Waals surface area contributed by atoms with E-state index in [1.54, 1.807) is 0 Å². The first-order chi connectivity index (χ1) is 8.18. The maximum Gasteiger partial charge on any atom is 0.108 e. The van der Waals surface area contributed by atoms with Crippen LogP contribution in [0.5, 0.6) is 0 Å². The summed E-state index contributed by atoms with van der Waals surface area (Å²) in [6, 6.07) is 7.42. The fourth-order valence-electron chi connectivity index (χ4n) is 1.09. The van der Waals surface area contributed by atoms with Gasteiger partial charge in [-0.05, 0) is 49.8 Å². The molecule has 0 atom stereocenters. The zero-order chi connectivity index (χ0) is 12.5. The molecule has 0 fully saturated rings. The van der Waals surface area contributed by atoms with Crippen molar-refractivity contribution < 1.29 is 4.74 Å². The number of hydrogen-bond donors (Lipinski definition) is 0. The Morgan fingerprint density at radius 3 is 2.65 bits per heavy atom. The van der Waals surface area contributed by atoms with E-state index >= 15 is 0 Å². The molecule has 0 aliphatic heterocycles. The highest BCUT2D eigenvalue weighted by Crippen LogP contribution is 2.08. The lowest BCUT2D eigenvalue weighted by Crippen LogP contribution is -1.90. The van der Waals surface area contributed by atoms with Gasteiger partial charge in [0.1, 0.15) is 6.61 Å². The van der Waals surface area contributed by atoms with Crippen molar-refractivity contribution in [2.24, 2.45) is 0 Å². The number of halogens is 1. The number of ether oxygens (including phenoxy) is 1. The van der Waals surface area contributed by atoms with Crippen LogP contribution < -0.4 is 0 Å². The van der Waals surface area contributed by atoms with Gasteiger partial charge in [-0.1, -0.05) is 23.4 Å². The first-order valence-corrected chi connectivity index (χ1v) is 5.77. The quantitative estimate of drug-likeness (QED) is 0.448. The molecule has 0 heterocycles. The molecule has 1 rings (SSSR count). The first kappa shape index (κ1) is 13.6. The minimum absolute atomic E-state index is 0.420. The third-order valence-electron chi connectivity index (χ3n) is 1.84. The topological polar surface area (TPSA) is 9.23 Å². The van der Waals surface area contributed by atoms with Gasteiger partial charge in [-0.3, -0.25) is 0 Å². The smallest absolute Gasteiger partial charge is 0.108 e. The second kappa shape index (κ2) is 7.76. The van der Waals surface area contributed by atoms with Crippen molar-refractivity contribution in [3.63, 3.8) is 0 Å². The van der Waals surface area contributed by atoms with E-state index in [2.05, 4.69) is 17.6 Å². The molecule has 0 N–H and O–H groups in total. The third-order valence-corrected chi connectivity index (χ3v) is 2.10. The molecular formula is C15H15ClO. The summed E-state index contributed by atoms with van der Waals surface area (Å²) in [5, 5.41) is 0.721. The molecule has 1 nitrogen and oxygen atoms in total. The van der Waals surface area contributed by atoms with Gasteiger partial charge in [-0.25, -0.2) is 0 Å². The predicted octanol–water partition coefficient (Wildman–Crippen LogP) is 3.83. The lowest BCUT2D eigenvalue weighted by atomic mass is 10.2. The van der Waals surface area contributed by atoms with Crippen LogP contribution in [-0.2, 0) is 4.74 Å². The van der Waals surface area contributed by atoms with Crippen LogP contribution in [0, 0.1) is 11.8 Å². The van der Waals surface area contributed by atoms with E-state index in [1.165, 1.54) is 0 Å². The van der Waals surface area contributed by atoms with Gasteiger partial charge in [-0.15, -0.1) is 5.73 Å². The Hall–Kier alpha value is -1.45. The Bertz CT molecular complexity index is 464. The average Bonchev–Trinajstić information content (AvgIpc) is 2.30. The van der Waals surface area contributed by atoms with Crippen LogP contribution in [0.2, 0.25) is 5.02 Å². The molecule has 0 radical (unpaired) electrons. The first-order valence-electron chi connectivity index (χ1n) is 5.39. The maximum atomic E-state index is 5.77. The molecule has 88 valence electrons. The maximum absolute atomic E-state index is 5.77. The summed E-state index contributed by atoms with van der Waals surface area (Å²) in [7, 11) is 0. The summed E-state index contributed by atoms with van der Waals surface area (Å²) in [5.74, 6) is 5.94. The van der Waals surface area contributed by atoms with Gasteiger partial charge < -0.3 is 4.74 Å². The van der Waals surface area contributed by atoms with Crippen molar-refractivity contribution in [3.8, 4) is 11.8 Å². The summed E-state index contributed by atoms with van der Waals surface area (Å²) in [5.41, 5.74) is 5.15. The highest BCUT2D eigenvalue weighted by molar-refractivity contribution is 6.30. The van der Waals surface area contributed by atoms with Crippen molar-refractivity contribution in [2.75, 3.05) is 13.2 Å². The highest BCUT2D eigenvalue weighted by atomic mass is 35.5. The molecule has 0 unspecified atom stereocenters. The lowest BCUT2D eigenvalue weighted by Gasteiger charge is -1.92. The standard InChI is InChI=1S/C15H15ClO/c1-13(2)5-3-11-17-12-4-6-14-7-9-15(16)10-8-14/h3,7-10H,11-12H2,1-2H3. The summed E-state index contributed by atoms with van der Waals surface area (Å²) >= 11 is 5.77. The molecule has 2 heteroatoms. The van der Waals surface area contributed by atoms with Crippen LogP contribution in [0.25, 0.3) is 0 Å². The second-order valence-electron chi connectivity index (χ2n) is 3.67. The molecule has 0 saturated carbocycles. The molecule has 0 aliphatic carbocycles. The van der Waals surface area contributed by atoms with Gasteiger partial charge in [0.25, 0.3) is 0 Å². The van der Waals surface area contributed by atoms with E-state index in [9.17, 15) is 0 Å². The lowest BCUT2D eigenvalue weighted by molar-refractivity contribution is 0.199. The molecule has 1 aromatic rings. The van der Waals surface area contributed by atoms with Crippen molar-refractivity contribution >= 4 is 11.6 Å². The van der Waals surface area contributed by atoms with Crippen molar-refractivity contribution in [2.45, 2.75) is 13.8 Å². The van der Waals surface area contributed by atoms with E-state index in [1.807, 2.05) is 44.2 Å². The normalized spacial score (nSPS) is 8.88. The third kappa shape index (κ3) is 6.66. The summed E-state index contributed by atoms with van der Waals surface area (Å²) < 4.78 is 5.30. The molecule has 17 heavy (non-hydrogen) atoms. The van der Waals surface area contributed by atoms with Gasteiger partial charge in [0, 0.05) is 10.6 Å². The second-order valence-corrected chi connectivity index (χ2v) is 4.11. The number of hydrogen-bond acceptors (Lipinski definition) is 1. The molecule has 0 aliphatic rings. The summed E-state index contributed by atoms with van der Waals surface area (Å²) in [6.07, 6.45) is 1.86. The van der Waals surface area contributed by atoms with Gasteiger partial charge in [0.05, 0.1) is 6.61 Å². The average molecular weight is 247 g/mol. The van der Waals surface area contributed by atoms with Gasteiger partial charge in [0.15, 0.2) is 0 Å². The van der Waals surface area contributed by atoms with E-state index in [0.29, 0.717) is 13.2 Å². The molecular weight excluding hydrogens is 232 g/mol. The van der Waals surface area contributed by atoms with Crippen LogP contribution >= 0.6 is 11.6 Å². The predicted molar refractivity (Wildman–Crippen MR) is 72.1 cm³/mol. The van der Waals surface area contributed by atoms with Crippen LogP contribution in [0.15, 0.2) is 41.6 Å². The summed E-state index contributed by atoms with van der Waals surface area (Å²) in [4.78, 5) is 0. The zero-order valence-electron chi connectivity index (χ0n) is 10.1. The SMILES string of the molecule is CC(C)=C=CCOCC#Cc1ccc(Cl)cc1. The van der Waals surface area contributed by atoms with E-state index in [4.69, 9.17) is 16.3 Å². The Morgan fingerprint density at radius 2 is 2.00 bits per heavy atom. The van der Waals surface area contributed by atoms with Crippen LogP contribution in [0.3, 0.4) is 0 Å². The van der Waals surface area contributed by atoms with Gasteiger partial charge in [-0.2, -0.15) is 0 Å².